The van der Waals surface area contributed by atoms with Crippen molar-refractivity contribution < 1.29 is 19.3 Å². The van der Waals surface area contributed by atoms with Crippen LogP contribution in [-0.2, 0) is 0 Å². The van der Waals surface area contributed by atoms with E-state index in [0.29, 0.717) is 37.9 Å². The molecule has 1 aromatic rings. The molecule has 1 aliphatic rings. The summed E-state index contributed by atoms with van der Waals surface area (Å²) in [6, 6.07) is 3.50. The number of nitro benzene ring substituents is 1. The molecule has 0 unspecified atom stereocenters. The molecule has 1 aliphatic heterocycles. The lowest BCUT2D eigenvalue weighted by molar-refractivity contribution is -0.384. The van der Waals surface area contributed by atoms with Crippen LogP contribution in [0.1, 0.15) is 54.8 Å². The first-order valence-electron chi connectivity index (χ1n) is 9.79. The Morgan fingerprint density at radius 2 is 1.69 bits per heavy atom. The Labute approximate surface area is 170 Å². The molecule has 0 spiro atoms. The van der Waals surface area contributed by atoms with Gasteiger partial charge in [0, 0.05) is 38.3 Å². The maximum atomic E-state index is 12.4. The van der Waals surface area contributed by atoms with Crippen molar-refractivity contribution >= 4 is 23.5 Å². The van der Waals surface area contributed by atoms with Crippen LogP contribution in [0.5, 0.6) is 0 Å². The van der Waals surface area contributed by atoms with E-state index in [2.05, 4.69) is 5.32 Å². The Hall–Kier alpha value is -2.97. The van der Waals surface area contributed by atoms with Gasteiger partial charge in [0.15, 0.2) is 0 Å². The summed E-state index contributed by atoms with van der Waals surface area (Å²) < 4.78 is 0. The van der Waals surface area contributed by atoms with Gasteiger partial charge >= 0.3 is 6.03 Å². The molecule has 29 heavy (non-hydrogen) atoms. The third kappa shape index (κ3) is 5.52. The van der Waals surface area contributed by atoms with E-state index < -0.39 is 16.7 Å². The van der Waals surface area contributed by atoms with Gasteiger partial charge in [0.05, 0.1) is 16.1 Å². The van der Waals surface area contributed by atoms with E-state index in [4.69, 9.17) is 0 Å². The minimum atomic E-state index is -0.601. The van der Waals surface area contributed by atoms with Gasteiger partial charge in [0.25, 0.3) is 17.5 Å². The number of hydrogen-bond acceptors (Lipinski definition) is 5. The molecule has 0 atom stereocenters. The normalized spacial score (nSPS) is 13.2. The predicted octanol–water partition coefficient (Wildman–Crippen LogP) is 2.90. The number of rotatable bonds is 9. The zero-order valence-electron chi connectivity index (χ0n) is 17.3. The van der Waals surface area contributed by atoms with Gasteiger partial charge in [-0.3, -0.25) is 24.6 Å². The summed E-state index contributed by atoms with van der Waals surface area (Å²) in [4.78, 5) is 50.4. The average molecular weight is 404 g/mol. The molecule has 0 aliphatic carbocycles. The number of carbonyl (C=O) groups excluding carboxylic acids is 3. The summed E-state index contributed by atoms with van der Waals surface area (Å²) in [5.41, 5.74) is -0.00707. The second-order valence-electron chi connectivity index (χ2n) is 8.03. The third-order valence-electron chi connectivity index (χ3n) is 4.46. The van der Waals surface area contributed by atoms with E-state index in [0.717, 1.165) is 11.0 Å². The quantitative estimate of drug-likeness (QED) is 0.294. The second kappa shape index (κ2) is 9.49. The van der Waals surface area contributed by atoms with Gasteiger partial charge in [0.2, 0.25) is 0 Å². The molecular formula is C20H28N4O5. The number of fused-ring (bicyclic) bond motifs is 1. The number of nitro groups is 1. The van der Waals surface area contributed by atoms with Crippen molar-refractivity contribution in [2.45, 2.75) is 34.1 Å². The largest absolute Gasteiger partial charge is 0.338 e. The number of amides is 4. The van der Waals surface area contributed by atoms with Crippen molar-refractivity contribution in [1.82, 2.24) is 15.1 Å². The number of benzene rings is 1. The SMILES string of the molecule is CC(C)CN(CC(C)C)C(=O)NCCCN1C(=O)c2ccc([N+](=O)[O-])cc2C1=O. The number of hydrogen-bond donors (Lipinski definition) is 1. The van der Waals surface area contributed by atoms with E-state index in [-0.39, 0.29) is 29.4 Å². The van der Waals surface area contributed by atoms with Crippen LogP contribution in [0.3, 0.4) is 0 Å². The van der Waals surface area contributed by atoms with Crippen molar-refractivity contribution in [3.8, 4) is 0 Å². The lowest BCUT2D eigenvalue weighted by atomic mass is 10.1. The van der Waals surface area contributed by atoms with Crippen LogP contribution >= 0.6 is 0 Å². The topological polar surface area (TPSA) is 113 Å². The first-order chi connectivity index (χ1) is 13.6. The first kappa shape index (κ1) is 22.3. The fraction of sp³-hybridized carbons (Fsp3) is 0.550. The van der Waals surface area contributed by atoms with Gasteiger partial charge in [-0.2, -0.15) is 0 Å². The number of carbonyl (C=O) groups is 3. The van der Waals surface area contributed by atoms with E-state index >= 15 is 0 Å². The number of nitrogens with one attached hydrogen (secondary N) is 1. The van der Waals surface area contributed by atoms with Gasteiger partial charge in [-0.1, -0.05) is 27.7 Å². The molecule has 0 aromatic heterocycles. The number of imide groups is 1. The minimum absolute atomic E-state index is 0.0493. The summed E-state index contributed by atoms with van der Waals surface area (Å²) in [6.45, 7) is 9.96. The molecule has 0 saturated carbocycles. The summed E-state index contributed by atoms with van der Waals surface area (Å²) in [6.07, 6.45) is 0.399. The highest BCUT2D eigenvalue weighted by Crippen LogP contribution is 2.26. The van der Waals surface area contributed by atoms with Crippen LogP contribution in [0.2, 0.25) is 0 Å². The van der Waals surface area contributed by atoms with Crippen LogP contribution < -0.4 is 5.32 Å². The molecular weight excluding hydrogens is 376 g/mol. The molecule has 0 bridgehead atoms. The summed E-state index contributed by atoms with van der Waals surface area (Å²) in [7, 11) is 0. The maximum absolute atomic E-state index is 12.4. The Morgan fingerprint density at radius 1 is 1.10 bits per heavy atom. The van der Waals surface area contributed by atoms with E-state index in [1.54, 1.807) is 4.90 Å². The Kier molecular flexibility index (Phi) is 7.30. The molecule has 1 N–H and O–H groups in total. The van der Waals surface area contributed by atoms with Crippen LogP contribution in [0.4, 0.5) is 10.5 Å². The first-order valence-corrected chi connectivity index (χ1v) is 9.79. The van der Waals surface area contributed by atoms with Crippen LogP contribution in [0.15, 0.2) is 18.2 Å². The Morgan fingerprint density at radius 3 is 2.24 bits per heavy atom. The molecule has 2 rings (SSSR count). The highest BCUT2D eigenvalue weighted by Gasteiger charge is 2.36. The van der Waals surface area contributed by atoms with Crippen LogP contribution in [0.25, 0.3) is 0 Å². The highest BCUT2D eigenvalue weighted by molar-refractivity contribution is 6.21. The van der Waals surface area contributed by atoms with Gasteiger partial charge in [-0.15, -0.1) is 0 Å². The maximum Gasteiger partial charge on any atom is 0.317 e. The fourth-order valence-electron chi connectivity index (χ4n) is 3.26. The molecule has 0 saturated heterocycles. The van der Waals surface area contributed by atoms with Gasteiger partial charge < -0.3 is 10.2 Å². The van der Waals surface area contributed by atoms with Crippen molar-refractivity contribution in [3.05, 3.63) is 39.4 Å². The molecule has 1 heterocycles. The van der Waals surface area contributed by atoms with Gasteiger partial charge in [-0.05, 0) is 24.3 Å². The predicted molar refractivity (Wildman–Crippen MR) is 108 cm³/mol. The number of urea groups is 1. The third-order valence-corrected chi connectivity index (χ3v) is 4.46. The standard InChI is InChI=1S/C20H28N4O5/c1-13(2)11-22(12-14(3)4)20(27)21-8-5-9-23-18(25)16-7-6-15(24(28)29)10-17(16)19(23)26/h6-7,10,13-14H,5,8-9,11-12H2,1-4H3,(H,21,27). The smallest absolute Gasteiger partial charge is 0.317 e. The van der Waals surface area contributed by atoms with Crippen molar-refractivity contribution in [1.29, 1.82) is 0 Å². The number of nitrogens with zero attached hydrogens (tertiary/aromatic N) is 3. The summed E-state index contributed by atoms with van der Waals surface area (Å²) in [5.74, 6) is -0.308. The molecule has 4 amide bonds. The lowest BCUT2D eigenvalue weighted by Crippen LogP contribution is -2.44. The molecule has 158 valence electrons. The molecule has 9 nitrogen and oxygen atoms in total. The summed E-state index contributed by atoms with van der Waals surface area (Å²) in [5, 5.41) is 13.7. The van der Waals surface area contributed by atoms with Gasteiger partial charge in [0.1, 0.15) is 0 Å². The number of non-ortho nitro benzene ring substituents is 1. The van der Waals surface area contributed by atoms with Crippen molar-refractivity contribution in [2.75, 3.05) is 26.2 Å². The van der Waals surface area contributed by atoms with Crippen LogP contribution in [-0.4, -0.2) is 58.7 Å². The zero-order valence-corrected chi connectivity index (χ0v) is 17.3. The Bertz CT molecular complexity index is 796. The van der Waals surface area contributed by atoms with Crippen molar-refractivity contribution in [2.24, 2.45) is 11.8 Å². The minimum Gasteiger partial charge on any atom is -0.338 e. The molecule has 0 fully saturated rings. The van der Waals surface area contributed by atoms with Crippen molar-refractivity contribution in [3.63, 3.8) is 0 Å². The van der Waals surface area contributed by atoms with E-state index in [1.807, 2.05) is 27.7 Å². The van der Waals surface area contributed by atoms with Crippen LogP contribution in [0, 0.1) is 22.0 Å². The van der Waals surface area contributed by atoms with Gasteiger partial charge in [-0.25, -0.2) is 4.79 Å². The average Bonchev–Trinajstić information content (AvgIpc) is 2.87. The zero-order chi connectivity index (χ0) is 21.7. The Balaban J connectivity index is 1.90. The van der Waals surface area contributed by atoms with E-state index in [9.17, 15) is 24.5 Å². The van der Waals surface area contributed by atoms with E-state index in [1.165, 1.54) is 12.1 Å². The molecule has 0 radical (unpaired) electrons. The highest BCUT2D eigenvalue weighted by atomic mass is 16.6. The molecule has 1 aromatic carbocycles. The molecule has 9 heteroatoms. The second-order valence-corrected chi connectivity index (χ2v) is 8.03. The fourth-order valence-corrected chi connectivity index (χ4v) is 3.26. The summed E-state index contributed by atoms with van der Waals surface area (Å²) >= 11 is 0. The monoisotopic (exact) mass is 404 g/mol. The lowest BCUT2D eigenvalue weighted by Gasteiger charge is -2.26.